The van der Waals surface area contributed by atoms with E-state index >= 15 is 4.39 Å². The minimum atomic E-state index is -0.645. The molecule has 0 aliphatic carbocycles. The van der Waals surface area contributed by atoms with Crippen molar-refractivity contribution in [3.63, 3.8) is 0 Å². The lowest BCUT2D eigenvalue weighted by Gasteiger charge is -2.34. The molecule has 5 heterocycles. The van der Waals surface area contributed by atoms with Crippen molar-refractivity contribution in [3.8, 4) is 17.0 Å². The second kappa shape index (κ2) is 9.71. The molecule has 2 aliphatic rings. The van der Waals surface area contributed by atoms with E-state index in [0.29, 0.717) is 30.2 Å². The Balaban J connectivity index is 1.33. The molecule has 2 aliphatic heterocycles. The first-order chi connectivity index (χ1) is 18.4. The number of hydrogen-bond donors (Lipinski definition) is 2. The minimum Gasteiger partial charge on any atom is -0.486 e. The molecular weight excluding hydrogens is 490 g/mol. The molecule has 0 atom stereocenters. The molecule has 4 aromatic rings. The van der Waals surface area contributed by atoms with Gasteiger partial charge in [0.1, 0.15) is 18.1 Å². The number of hydrogen-bond acceptors (Lipinski definition) is 8. The Kier molecular flexibility index (Phi) is 6.22. The summed E-state index contributed by atoms with van der Waals surface area (Å²) < 4.78 is 35.6. The molecule has 0 radical (unpaired) electrons. The van der Waals surface area contributed by atoms with Gasteiger partial charge in [-0.3, -0.25) is 0 Å². The quantitative estimate of drug-likeness (QED) is 0.401. The summed E-state index contributed by atoms with van der Waals surface area (Å²) in [6, 6.07) is 5.04. The minimum absolute atomic E-state index is 0.00199. The smallest absolute Gasteiger partial charge is 0.229 e. The van der Waals surface area contributed by atoms with Crippen LogP contribution in [0.4, 0.5) is 31.9 Å². The molecule has 0 unspecified atom stereocenters. The average molecular weight is 521 g/mol. The first-order valence-electron chi connectivity index (χ1n) is 12.8. The zero-order chi connectivity index (χ0) is 26.4. The van der Waals surface area contributed by atoms with E-state index in [2.05, 4.69) is 42.1 Å². The molecule has 0 bridgehead atoms. The van der Waals surface area contributed by atoms with Crippen LogP contribution in [0.25, 0.3) is 22.2 Å². The van der Waals surface area contributed by atoms with Crippen LogP contribution in [-0.4, -0.2) is 77.3 Å². The van der Waals surface area contributed by atoms with E-state index in [1.165, 1.54) is 6.07 Å². The van der Waals surface area contributed by atoms with Gasteiger partial charge in [0.2, 0.25) is 5.95 Å². The first kappa shape index (κ1) is 24.4. The van der Waals surface area contributed by atoms with Crippen LogP contribution in [0.1, 0.15) is 13.8 Å². The summed E-state index contributed by atoms with van der Waals surface area (Å²) in [4.78, 5) is 23.2. The van der Waals surface area contributed by atoms with Crippen LogP contribution >= 0.6 is 0 Å². The Morgan fingerprint density at radius 3 is 2.61 bits per heavy atom. The third kappa shape index (κ3) is 4.36. The number of anilines is 4. The number of likely N-dealkylation sites (N-methyl/N-ethyl adjacent to an activating group) is 1. The number of fused-ring (bicyclic) bond motifs is 2. The zero-order valence-electron chi connectivity index (χ0n) is 21.6. The molecule has 1 saturated heterocycles. The number of pyridine rings is 1. The van der Waals surface area contributed by atoms with Crippen LogP contribution in [-0.2, 0) is 0 Å². The number of ether oxygens (including phenoxy) is 1. The maximum Gasteiger partial charge on any atom is 0.229 e. The van der Waals surface area contributed by atoms with Crippen molar-refractivity contribution in [2.45, 2.75) is 19.9 Å². The lowest BCUT2D eigenvalue weighted by Crippen LogP contribution is -2.44. The number of H-pyrrole nitrogens is 1. The van der Waals surface area contributed by atoms with E-state index in [4.69, 9.17) is 4.74 Å². The number of nitrogens with zero attached hydrogens (tertiary/aromatic N) is 6. The standard InChI is InChI=1S/C27H30F2N8O/c1-16(2)37-10-11-38-25-19(28)12-17(13-21(25)37)23-20(29)14-32-27(33-23)34-26-18-4-5-30-24(18)22(15-31-26)36-8-6-35(3)7-9-36/h4-5,12-16,30H,6-11H2,1-3H3,(H,31,32,33,34). The summed E-state index contributed by atoms with van der Waals surface area (Å²) in [7, 11) is 2.12. The van der Waals surface area contributed by atoms with Crippen molar-refractivity contribution >= 4 is 34.0 Å². The molecule has 3 aromatic heterocycles. The molecule has 198 valence electrons. The molecule has 1 fully saturated rings. The fourth-order valence-corrected chi connectivity index (χ4v) is 5.14. The van der Waals surface area contributed by atoms with Crippen molar-refractivity contribution in [2.24, 2.45) is 0 Å². The molecule has 11 heteroatoms. The first-order valence-corrected chi connectivity index (χ1v) is 12.8. The van der Waals surface area contributed by atoms with Gasteiger partial charge in [-0.05, 0) is 39.1 Å². The fraction of sp³-hybridized carbons (Fsp3) is 0.370. The summed E-state index contributed by atoms with van der Waals surface area (Å²) in [5.41, 5.74) is 2.89. The molecule has 1 aromatic carbocycles. The highest BCUT2D eigenvalue weighted by Gasteiger charge is 2.26. The second-order valence-electron chi connectivity index (χ2n) is 10.0. The number of piperazine rings is 1. The number of benzene rings is 1. The van der Waals surface area contributed by atoms with Crippen LogP contribution in [0.5, 0.6) is 5.75 Å². The van der Waals surface area contributed by atoms with Gasteiger partial charge in [0.15, 0.2) is 17.4 Å². The maximum absolute atomic E-state index is 15.0. The van der Waals surface area contributed by atoms with Gasteiger partial charge in [-0.2, -0.15) is 0 Å². The van der Waals surface area contributed by atoms with Gasteiger partial charge in [0.05, 0.1) is 35.8 Å². The summed E-state index contributed by atoms with van der Waals surface area (Å²) in [5, 5.41) is 4.01. The predicted octanol–water partition coefficient (Wildman–Crippen LogP) is 4.40. The number of nitrogens with one attached hydrogen (secondary N) is 2. The van der Waals surface area contributed by atoms with Crippen LogP contribution in [0, 0.1) is 11.6 Å². The van der Waals surface area contributed by atoms with Crippen LogP contribution < -0.4 is 19.9 Å². The van der Waals surface area contributed by atoms with Crippen molar-refractivity contribution in [1.82, 2.24) is 24.8 Å². The molecule has 0 saturated carbocycles. The summed E-state index contributed by atoms with van der Waals surface area (Å²) >= 11 is 0. The molecule has 9 nitrogen and oxygen atoms in total. The van der Waals surface area contributed by atoms with Gasteiger partial charge in [0, 0.05) is 49.4 Å². The predicted molar refractivity (Wildman–Crippen MR) is 144 cm³/mol. The average Bonchev–Trinajstić information content (AvgIpc) is 3.41. The summed E-state index contributed by atoms with van der Waals surface area (Å²) in [5.74, 6) is -0.300. The summed E-state index contributed by atoms with van der Waals surface area (Å²) in [6.45, 7) is 8.87. The Morgan fingerprint density at radius 1 is 1.00 bits per heavy atom. The third-order valence-electron chi connectivity index (χ3n) is 7.20. The summed E-state index contributed by atoms with van der Waals surface area (Å²) in [6.07, 6.45) is 4.79. The van der Waals surface area contributed by atoms with E-state index in [-0.39, 0.29) is 23.4 Å². The Bertz CT molecular complexity index is 1480. The molecule has 0 spiro atoms. The third-order valence-corrected chi connectivity index (χ3v) is 7.20. The number of halogens is 2. The number of aromatic amines is 1. The lowest BCUT2D eigenvalue weighted by molar-refractivity contribution is 0.287. The number of aromatic nitrogens is 4. The van der Waals surface area contributed by atoms with Gasteiger partial charge >= 0.3 is 0 Å². The Labute approximate surface area is 219 Å². The zero-order valence-corrected chi connectivity index (χ0v) is 21.6. The Morgan fingerprint density at radius 2 is 1.82 bits per heavy atom. The van der Waals surface area contributed by atoms with Crippen molar-refractivity contribution in [3.05, 3.63) is 48.4 Å². The highest BCUT2D eigenvalue weighted by atomic mass is 19.1. The van der Waals surface area contributed by atoms with E-state index in [0.717, 1.165) is 49.0 Å². The normalized spacial score (nSPS) is 16.2. The lowest BCUT2D eigenvalue weighted by atomic mass is 10.1. The molecular formula is C27H30F2N8O. The Hall–Kier alpha value is -3.99. The van der Waals surface area contributed by atoms with E-state index < -0.39 is 11.6 Å². The van der Waals surface area contributed by atoms with E-state index in [9.17, 15) is 4.39 Å². The number of rotatable bonds is 5. The highest BCUT2D eigenvalue weighted by molar-refractivity contribution is 5.98. The van der Waals surface area contributed by atoms with Gasteiger partial charge in [-0.15, -0.1) is 0 Å². The molecule has 2 N–H and O–H groups in total. The van der Waals surface area contributed by atoms with Crippen molar-refractivity contribution in [2.75, 3.05) is 61.5 Å². The highest BCUT2D eigenvalue weighted by Crippen LogP contribution is 2.39. The fourth-order valence-electron chi connectivity index (χ4n) is 5.14. The SMILES string of the molecule is CC(C)N1CCOc2c(F)cc(-c3nc(Nc4ncc(N5CCN(C)CC5)c5[nH]ccc45)ncc3F)cc21. The van der Waals surface area contributed by atoms with E-state index in [1.807, 2.05) is 37.2 Å². The van der Waals surface area contributed by atoms with Crippen molar-refractivity contribution in [1.29, 1.82) is 0 Å². The van der Waals surface area contributed by atoms with E-state index in [1.54, 1.807) is 6.07 Å². The monoisotopic (exact) mass is 520 g/mol. The topological polar surface area (TPSA) is 85.4 Å². The van der Waals surface area contributed by atoms with Crippen molar-refractivity contribution < 1.29 is 13.5 Å². The maximum atomic E-state index is 15.0. The van der Waals surface area contributed by atoms with Crippen LogP contribution in [0.15, 0.2) is 36.8 Å². The molecule has 38 heavy (non-hydrogen) atoms. The van der Waals surface area contributed by atoms with Gasteiger partial charge in [-0.1, -0.05) is 0 Å². The largest absolute Gasteiger partial charge is 0.486 e. The van der Waals surface area contributed by atoms with Gasteiger partial charge < -0.3 is 29.7 Å². The van der Waals surface area contributed by atoms with Gasteiger partial charge in [0.25, 0.3) is 0 Å². The van der Waals surface area contributed by atoms with Crippen LogP contribution in [0.2, 0.25) is 0 Å². The second-order valence-corrected chi connectivity index (χ2v) is 10.0. The van der Waals surface area contributed by atoms with Gasteiger partial charge in [-0.25, -0.2) is 23.7 Å². The molecule has 0 amide bonds. The van der Waals surface area contributed by atoms with Crippen LogP contribution in [0.3, 0.4) is 0 Å². The molecule has 6 rings (SSSR count).